The van der Waals surface area contributed by atoms with Crippen LogP contribution in [0, 0.1) is 12.7 Å². The highest BCUT2D eigenvalue weighted by molar-refractivity contribution is 6.08. The number of aryl methyl sites for hydroxylation is 1. The van der Waals surface area contributed by atoms with E-state index in [4.69, 9.17) is 14.9 Å². The summed E-state index contributed by atoms with van der Waals surface area (Å²) < 4.78 is 26.0. The Labute approximate surface area is 284 Å². The zero-order valence-electron chi connectivity index (χ0n) is 27.8. The molecule has 2 aliphatic rings. The van der Waals surface area contributed by atoms with Crippen molar-refractivity contribution in [3.8, 4) is 16.9 Å². The molecule has 10 heteroatoms. The number of rotatable bonds is 11. The lowest BCUT2D eigenvalue weighted by molar-refractivity contribution is 0.0922. The van der Waals surface area contributed by atoms with Crippen molar-refractivity contribution in [2.24, 2.45) is 5.73 Å². The maximum Gasteiger partial charge on any atom is 0.255 e. The number of nitrogens with zero attached hydrogens (tertiary/aromatic N) is 3. The number of fused-ring (bicyclic) bond motifs is 1. The van der Waals surface area contributed by atoms with E-state index in [1.165, 1.54) is 12.1 Å². The van der Waals surface area contributed by atoms with E-state index < -0.39 is 11.4 Å². The van der Waals surface area contributed by atoms with Gasteiger partial charge in [-0.25, -0.2) is 4.39 Å². The first-order valence-corrected chi connectivity index (χ1v) is 16.7. The standard InChI is InChI=1S/C39H40FN5O4/c1-25-21-33(48-20-19-45-17-15-44(2)16-18-45)31(38(47)43-39(12-13-39)35-5-3-4-14-42-35)24-29(25)27-8-11-32-30(23-27)36(37(41)46)34(49-32)22-26-6-9-28(40)10-7-26/h3-11,14,21,23-24H,12-13,15-20,22H2,1-2H3,(H2,41,46)(H,43,47). The fraction of sp³-hybridized carbons (Fsp3) is 0.308. The van der Waals surface area contributed by atoms with Crippen molar-refractivity contribution in [1.29, 1.82) is 0 Å². The first-order valence-electron chi connectivity index (χ1n) is 16.7. The van der Waals surface area contributed by atoms with Crippen molar-refractivity contribution in [3.63, 3.8) is 0 Å². The van der Waals surface area contributed by atoms with E-state index in [2.05, 4.69) is 27.1 Å². The van der Waals surface area contributed by atoms with Crippen LogP contribution >= 0.6 is 0 Å². The van der Waals surface area contributed by atoms with Gasteiger partial charge in [-0.2, -0.15) is 0 Å². The summed E-state index contributed by atoms with van der Waals surface area (Å²) in [6.45, 7) is 7.19. The third-order valence-corrected chi connectivity index (χ3v) is 9.69. The quantitative estimate of drug-likeness (QED) is 0.187. The van der Waals surface area contributed by atoms with E-state index in [1.54, 1.807) is 18.3 Å². The van der Waals surface area contributed by atoms with Gasteiger partial charge in [-0.05, 0) is 97.6 Å². The Morgan fingerprint density at radius 1 is 1.02 bits per heavy atom. The van der Waals surface area contributed by atoms with Gasteiger partial charge in [-0.15, -0.1) is 0 Å². The second-order valence-corrected chi connectivity index (χ2v) is 13.2. The Balaban J connectivity index is 1.22. The molecule has 1 aliphatic heterocycles. The zero-order valence-corrected chi connectivity index (χ0v) is 27.8. The summed E-state index contributed by atoms with van der Waals surface area (Å²) in [5, 5.41) is 3.85. The molecule has 0 unspecified atom stereocenters. The van der Waals surface area contributed by atoms with Crippen LogP contribution in [0.4, 0.5) is 4.39 Å². The van der Waals surface area contributed by atoms with Crippen LogP contribution in [0.3, 0.4) is 0 Å². The number of ether oxygens (including phenoxy) is 1. The van der Waals surface area contributed by atoms with Gasteiger partial charge in [0.2, 0.25) is 0 Å². The Morgan fingerprint density at radius 2 is 1.80 bits per heavy atom. The summed E-state index contributed by atoms with van der Waals surface area (Å²) in [5.74, 6) is -0.252. The van der Waals surface area contributed by atoms with E-state index in [-0.39, 0.29) is 23.7 Å². The molecule has 2 fully saturated rings. The average molecular weight is 662 g/mol. The number of pyridine rings is 1. The molecule has 49 heavy (non-hydrogen) atoms. The number of benzene rings is 3. The van der Waals surface area contributed by atoms with Crippen molar-refractivity contribution in [1.82, 2.24) is 20.1 Å². The molecular formula is C39H40FN5O4. The number of hydrogen-bond donors (Lipinski definition) is 2. The Kier molecular flexibility index (Phi) is 8.92. The molecule has 2 amide bonds. The summed E-state index contributed by atoms with van der Waals surface area (Å²) in [6.07, 6.45) is 3.64. The highest BCUT2D eigenvalue weighted by Crippen LogP contribution is 2.45. The minimum absolute atomic E-state index is 0.234. The largest absolute Gasteiger partial charge is 0.491 e. The third kappa shape index (κ3) is 6.93. The molecule has 9 nitrogen and oxygen atoms in total. The number of halogens is 1. The number of nitrogens with one attached hydrogen (secondary N) is 1. The predicted octanol–water partition coefficient (Wildman–Crippen LogP) is 5.68. The molecule has 1 saturated heterocycles. The fourth-order valence-electron chi connectivity index (χ4n) is 6.64. The highest BCUT2D eigenvalue weighted by atomic mass is 19.1. The Morgan fingerprint density at radius 3 is 2.49 bits per heavy atom. The number of furan rings is 1. The average Bonchev–Trinajstić information content (AvgIpc) is 3.79. The lowest BCUT2D eigenvalue weighted by Gasteiger charge is -2.32. The van der Waals surface area contributed by atoms with Gasteiger partial charge >= 0.3 is 0 Å². The lowest BCUT2D eigenvalue weighted by Crippen LogP contribution is -2.45. The molecule has 3 heterocycles. The van der Waals surface area contributed by atoms with Crippen molar-refractivity contribution >= 4 is 22.8 Å². The fourth-order valence-corrected chi connectivity index (χ4v) is 6.64. The number of primary amides is 1. The minimum Gasteiger partial charge on any atom is -0.491 e. The van der Waals surface area contributed by atoms with Crippen LogP contribution in [0.25, 0.3) is 22.1 Å². The van der Waals surface area contributed by atoms with Crippen LogP contribution in [0.15, 0.2) is 83.4 Å². The second-order valence-electron chi connectivity index (χ2n) is 13.2. The topological polar surface area (TPSA) is 114 Å². The number of carbonyl (C=O) groups excluding carboxylic acids is 2. The predicted molar refractivity (Wildman–Crippen MR) is 186 cm³/mol. The van der Waals surface area contributed by atoms with Gasteiger partial charge in [-0.1, -0.05) is 24.3 Å². The molecular weight excluding hydrogens is 621 g/mol. The van der Waals surface area contributed by atoms with Crippen LogP contribution in [0.2, 0.25) is 0 Å². The summed E-state index contributed by atoms with van der Waals surface area (Å²) >= 11 is 0. The van der Waals surface area contributed by atoms with Gasteiger partial charge in [0, 0.05) is 50.7 Å². The summed E-state index contributed by atoms with van der Waals surface area (Å²) in [4.78, 5) is 36.1. The molecule has 3 aromatic carbocycles. The Bertz CT molecular complexity index is 2000. The van der Waals surface area contributed by atoms with Crippen LogP contribution < -0.4 is 15.8 Å². The zero-order chi connectivity index (χ0) is 34.1. The van der Waals surface area contributed by atoms with Crippen molar-refractivity contribution in [3.05, 3.63) is 119 Å². The highest BCUT2D eigenvalue weighted by Gasteiger charge is 2.47. The van der Waals surface area contributed by atoms with Gasteiger partial charge in [0.05, 0.1) is 22.4 Å². The molecule has 0 radical (unpaired) electrons. The van der Waals surface area contributed by atoms with Crippen LogP contribution in [-0.4, -0.2) is 73.0 Å². The van der Waals surface area contributed by atoms with E-state index in [0.717, 1.165) is 73.5 Å². The van der Waals surface area contributed by atoms with E-state index in [0.29, 0.717) is 34.6 Å². The maximum atomic E-state index is 14.1. The number of carbonyl (C=O) groups is 2. The van der Waals surface area contributed by atoms with Gasteiger partial charge in [0.1, 0.15) is 29.5 Å². The molecule has 5 aromatic rings. The lowest BCUT2D eigenvalue weighted by atomic mass is 9.95. The second kappa shape index (κ2) is 13.4. The van der Waals surface area contributed by atoms with Crippen molar-refractivity contribution < 1.29 is 23.1 Å². The van der Waals surface area contributed by atoms with Crippen LogP contribution in [0.1, 0.15) is 56.1 Å². The smallest absolute Gasteiger partial charge is 0.255 e. The molecule has 1 saturated carbocycles. The summed E-state index contributed by atoms with van der Waals surface area (Å²) in [5.41, 5.74) is 10.8. The number of nitrogens with two attached hydrogens (primary N) is 1. The van der Waals surface area contributed by atoms with Crippen LogP contribution in [0.5, 0.6) is 5.75 Å². The number of likely N-dealkylation sites (N-methyl/N-ethyl adjacent to an activating group) is 1. The molecule has 0 bridgehead atoms. The summed E-state index contributed by atoms with van der Waals surface area (Å²) in [7, 11) is 2.13. The summed E-state index contributed by atoms with van der Waals surface area (Å²) in [6, 6.07) is 21.2. The van der Waals surface area contributed by atoms with E-state index in [1.807, 2.05) is 55.5 Å². The third-order valence-electron chi connectivity index (χ3n) is 9.69. The van der Waals surface area contributed by atoms with Crippen molar-refractivity contribution in [2.75, 3.05) is 46.4 Å². The normalized spacial score (nSPS) is 16.1. The molecule has 0 spiro atoms. The van der Waals surface area contributed by atoms with Gasteiger partial charge < -0.3 is 25.1 Å². The number of aromatic nitrogens is 1. The maximum absolute atomic E-state index is 14.1. The molecule has 7 rings (SSSR count). The molecule has 1 aliphatic carbocycles. The first-order chi connectivity index (χ1) is 23.7. The molecule has 3 N–H and O–H groups in total. The van der Waals surface area contributed by atoms with Crippen molar-refractivity contribution in [2.45, 2.75) is 31.7 Å². The van der Waals surface area contributed by atoms with Crippen LogP contribution in [-0.2, 0) is 12.0 Å². The SMILES string of the molecule is Cc1cc(OCCN2CCN(C)CC2)c(C(=O)NC2(c3ccccn3)CC2)cc1-c1ccc2oc(Cc3ccc(F)cc3)c(C(N)=O)c2c1. The van der Waals surface area contributed by atoms with Gasteiger partial charge in [0.25, 0.3) is 11.8 Å². The number of piperazine rings is 1. The molecule has 0 atom stereocenters. The van der Waals surface area contributed by atoms with Gasteiger partial charge in [-0.3, -0.25) is 19.5 Å². The molecule has 252 valence electrons. The molecule has 2 aromatic heterocycles. The number of amides is 2. The van der Waals surface area contributed by atoms with E-state index in [9.17, 15) is 14.0 Å². The van der Waals surface area contributed by atoms with Gasteiger partial charge in [0.15, 0.2) is 0 Å². The number of hydrogen-bond acceptors (Lipinski definition) is 7. The van der Waals surface area contributed by atoms with E-state index >= 15 is 0 Å². The Hall–Kier alpha value is -5.06. The monoisotopic (exact) mass is 661 g/mol. The first kappa shape index (κ1) is 32.5. The minimum atomic E-state index is -0.613.